The Balaban J connectivity index is 1.40. The van der Waals surface area contributed by atoms with Gasteiger partial charge in [-0.3, -0.25) is 9.48 Å². The van der Waals surface area contributed by atoms with E-state index in [1.165, 1.54) is 23.2 Å². The van der Waals surface area contributed by atoms with Gasteiger partial charge < -0.3 is 19.4 Å². The Morgan fingerprint density at radius 3 is 2.94 bits per heavy atom. The van der Waals surface area contributed by atoms with Crippen molar-refractivity contribution in [1.29, 1.82) is 5.26 Å². The number of nitrogens with one attached hydrogen (secondary N) is 1. The molecule has 1 aromatic carbocycles. The van der Waals surface area contributed by atoms with Gasteiger partial charge in [0.15, 0.2) is 6.19 Å². The molecular formula is C18H15F3N8O3. The maximum atomic E-state index is 12.5. The minimum absolute atomic E-state index is 0.142. The number of nitriles is 1. The number of amides is 1. The largest absolute Gasteiger partial charge is 0.573 e. The molecule has 2 atom stereocenters. The van der Waals surface area contributed by atoms with Crippen LogP contribution in [0.4, 0.5) is 13.2 Å². The van der Waals surface area contributed by atoms with Crippen LogP contribution in [0.1, 0.15) is 17.1 Å². The lowest BCUT2D eigenvalue weighted by atomic mass is 10.1. The van der Waals surface area contributed by atoms with Crippen LogP contribution >= 0.6 is 0 Å². The first kappa shape index (κ1) is 21.1. The minimum atomic E-state index is -4.84. The summed E-state index contributed by atoms with van der Waals surface area (Å²) in [6.07, 6.45) is 0.940. The fraction of sp³-hybridized carbons (Fsp3) is 0.333. The van der Waals surface area contributed by atoms with Crippen LogP contribution in [-0.4, -0.2) is 61.0 Å². The number of carbonyl (C=O) groups is 1. The molecule has 1 saturated heterocycles. The summed E-state index contributed by atoms with van der Waals surface area (Å²) in [5, 5.41) is 27.1. The van der Waals surface area contributed by atoms with Crippen LogP contribution in [0.2, 0.25) is 0 Å². The Hall–Kier alpha value is -4.15. The maximum absolute atomic E-state index is 12.5. The van der Waals surface area contributed by atoms with Crippen LogP contribution in [0.3, 0.4) is 0 Å². The van der Waals surface area contributed by atoms with Crippen molar-refractivity contribution >= 4 is 5.91 Å². The molecular weight excluding hydrogens is 433 g/mol. The SMILES string of the molecule is N#CN1C[C@H](NC(=O)c2nnc(-c3cccc(OC(F)(F)F)c3)o2)C[C@H]1Cn1ccnn1. The van der Waals surface area contributed by atoms with E-state index in [0.717, 1.165) is 12.1 Å². The van der Waals surface area contributed by atoms with Crippen molar-refractivity contribution < 1.29 is 27.1 Å². The molecule has 0 unspecified atom stereocenters. The van der Waals surface area contributed by atoms with Crippen molar-refractivity contribution in [2.75, 3.05) is 6.54 Å². The molecule has 1 N–H and O–H groups in total. The number of hydrogen-bond acceptors (Lipinski definition) is 9. The third kappa shape index (κ3) is 4.94. The number of carbonyl (C=O) groups excluding carboxylic acids is 1. The van der Waals surface area contributed by atoms with Gasteiger partial charge in [-0.15, -0.1) is 28.5 Å². The summed E-state index contributed by atoms with van der Waals surface area (Å²) in [5.41, 5.74) is 0.155. The molecule has 0 spiro atoms. The number of nitrogens with zero attached hydrogens (tertiary/aromatic N) is 7. The van der Waals surface area contributed by atoms with Crippen molar-refractivity contribution in [1.82, 2.24) is 35.4 Å². The first-order valence-corrected chi connectivity index (χ1v) is 9.32. The van der Waals surface area contributed by atoms with Crippen LogP contribution < -0.4 is 10.1 Å². The third-order valence-electron chi connectivity index (χ3n) is 4.68. The topological polar surface area (TPSA) is 135 Å². The van der Waals surface area contributed by atoms with E-state index in [9.17, 15) is 23.2 Å². The Labute approximate surface area is 178 Å². The summed E-state index contributed by atoms with van der Waals surface area (Å²) in [6.45, 7) is 0.723. The third-order valence-corrected chi connectivity index (χ3v) is 4.68. The van der Waals surface area contributed by atoms with Gasteiger partial charge in [-0.2, -0.15) is 5.26 Å². The van der Waals surface area contributed by atoms with Gasteiger partial charge in [0.05, 0.1) is 18.8 Å². The first-order valence-electron chi connectivity index (χ1n) is 9.32. The summed E-state index contributed by atoms with van der Waals surface area (Å²) >= 11 is 0. The molecule has 3 heterocycles. The molecule has 1 amide bonds. The number of hydrogen-bond donors (Lipinski definition) is 1. The molecule has 32 heavy (non-hydrogen) atoms. The smallest absolute Gasteiger partial charge is 0.412 e. The molecule has 2 aromatic heterocycles. The second kappa shape index (κ2) is 8.53. The molecule has 4 rings (SSSR count). The number of halogens is 3. The lowest BCUT2D eigenvalue weighted by molar-refractivity contribution is -0.274. The number of rotatable bonds is 6. The molecule has 1 aliphatic rings. The van der Waals surface area contributed by atoms with Crippen LogP contribution in [0.25, 0.3) is 11.5 Å². The van der Waals surface area contributed by atoms with Crippen LogP contribution in [0.15, 0.2) is 41.1 Å². The Morgan fingerprint density at radius 2 is 2.22 bits per heavy atom. The zero-order valence-corrected chi connectivity index (χ0v) is 16.2. The highest BCUT2D eigenvalue weighted by Crippen LogP contribution is 2.27. The monoisotopic (exact) mass is 448 g/mol. The molecule has 1 aliphatic heterocycles. The molecule has 11 nitrogen and oxygen atoms in total. The van der Waals surface area contributed by atoms with Crippen molar-refractivity contribution in [2.45, 2.75) is 31.4 Å². The van der Waals surface area contributed by atoms with Gasteiger partial charge in [0, 0.05) is 24.3 Å². The van der Waals surface area contributed by atoms with Crippen molar-refractivity contribution in [3.05, 3.63) is 42.5 Å². The predicted octanol–water partition coefficient (Wildman–Crippen LogP) is 1.58. The standard InChI is InChI=1S/C18H15F3N8O3/c19-18(20,21)32-14-3-1-2-11(6-14)16-25-26-17(31-16)15(30)24-12-7-13(28(8-12)10-22)9-29-5-4-23-27-29/h1-6,12-13H,7-9H2,(H,24,30)/t12-,13+/m1/s1. The maximum Gasteiger partial charge on any atom is 0.573 e. The fourth-order valence-electron chi connectivity index (χ4n) is 3.37. The number of ether oxygens (including phenoxy) is 1. The number of alkyl halides is 3. The molecule has 3 aromatic rings. The van der Waals surface area contributed by atoms with Crippen LogP contribution in [-0.2, 0) is 6.54 Å². The molecule has 0 saturated carbocycles. The summed E-state index contributed by atoms with van der Waals surface area (Å²) < 4.78 is 48.0. The van der Waals surface area contributed by atoms with Crippen molar-refractivity contribution in [3.63, 3.8) is 0 Å². The van der Waals surface area contributed by atoms with E-state index in [1.807, 2.05) is 0 Å². The van der Waals surface area contributed by atoms with E-state index in [4.69, 9.17) is 4.42 Å². The minimum Gasteiger partial charge on any atom is -0.412 e. The molecule has 1 fully saturated rings. The zero-order valence-electron chi connectivity index (χ0n) is 16.2. The van der Waals surface area contributed by atoms with Crippen molar-refractivity contribution in [2.24, 2.45) is 0 Å². The number of likely N-dealkylation sites (tertiary alicyclic amines) is 1. The quantitative estimate of drug-likeness (QED) is 0.558. The van der Waals surface area contributed by atoms with Crippen molar-refractivity contribution in [3.8, 4) is 23.4 Å². The lowest BCUT2D eigenvalue weighted by Gasteiger charge is -2.16. The summed E-state index contributed by atoms with van der Waals surface area (Å²) in [6, 6.07) is 4.42. The van der Waals surface area contributed by atoms with E-state index in [0.29, 0.717) is 19.5 Å². The zero-order chi connectivity index (χ0) is 22.7. The Bertz CT molecular complexity index is 1130. The van der Waals surface area contributed by atoms with Crippen LogP contribution in [0, 0.1) is 11.5 Å². The molecule has 0 radical (unpaired) electrons. The van der Waals surface area contributed by atoms with Crippen LogP contribution in [0.5, 0.6) is 5.75 Å². The lowest BCUT2D eigenvalue weighted by Crippen LogP contribution is -2.36. The summed E-state index contributed by atoms with van der Waals surface area (Å²) in [7, 11) is 0. The number of benzene rings is 1. The normalized spacial score (nSPS) is 18.4. The second-order valence-corrected chi connectivity index (χ2v) is 6.93. The highest BCUT2D eigenvalue weighted by Gasteiger charge is 2.34. The van der Waals surface area contributed by atoms with E-state index in [-0.39, 0.29) is 29.4 Å². The predicted molar refractivity (Wildman–Crippen MR) is 98.4 cm³/mol. The molecule has 0 aliphatic carbocycles. The van der Waals surface area contributed by atoms with Gasteiger partial charge in [-0.25, -0.2) is 0 Å². The van der Waals surface area contributed by atoms with E-state index in [2.05, 4.69) is 36.8 Å². The fourth-order valence-corrected chi connectivity index (χ4v) is 3.37. The van der Waals surface area contributed by atoms with Gasteiger partial charge in [0.1, 0.15) is 5.75 Å². The van der Waals surface area contributed by atoms with Gasteiger partial charge >= 0.3 is 18.2 Å². The van der Waals surface area contributed by atoms with Gasteiger partial charge in [0.2, 0.25) is 5.89 Å². The molecule has 14 heteroatoms. The van der Waals surface area contributed by atoms with Gasteiger partial charge in [-0.1, -0.05) is 11.3 Å². The molecule has 166 valence electrons. The highest BCUT2D eigenvalue weighted by atomic mass is 19.4. The Kier molecular flexibility index (Phi) is 5.63. The Morgan fingerprint density at radius 1 is 1.38 bits per heavy atom. The summed E-state index contributed by atoms with van der Waals surface area (Å²) in [5.74, 6) is -1.61. The van der Waals surface area contributed by atoms with E-state index in [1.54, 1.807) is 10.9 Å². The van der Waals surface area contributed by atoms with E-state index >= 15 is 0 Å². The highest BCUT2D eigenvalue weighted by molar-refractivity contribution is 5.90. The second-order valence-electron chi connectivity index (χ2n) is 6.93. The summed E-state index contributed by atoms with van der Waals surface area (Å²) in [4.78, 5) is 14.0. The number of aromatic nitrogens is 5. The molecule has 0 bridgehead atoms. The average Bonchev–Trinajstić information content (AvgIpc) is 3.48. The average molecular weight is 448 g/mol. The van der Waals surface area contributed by atoms with Gasteiger partial charge in [-0.05, 0) is 24.6 Å². The first-order chi connectivity index (χ1) is 15.3. The van der Waals surface area contributed by atoms with Gasteiger partial charge in [0.25, 0.3) is 0 Å². The van der Waals surface area contributed by atoms with E-state index < -0.39 is 18.0 Å².